The minimum atomic E-state index is 0.595. The number of piperazine rings is 1. The molecule has 1 heterocycles. The molecule has 2 atom stereocenters. The van der Waals surface area contributed by atoms with Gasteiger partial charge < -0.3 is 10.2 Å². The number of nitrogens with one attached hydrogen (secondary N) is 1. The first-order valence-corrected chi connectivity index (χ1v) is 8.14. The highest BCUT2D eigenvalue weighted by Gasteiger charge is 2.36. The third kappa shape index (κ3) is 2.52. The Labute approximate surface area is 114 Å². The molecular formula is C15H22N2S. The summed E-state index contributed by atoms with van der Waals surface area (Å²) in [6.45, 7) is 4.61. The van der Waals surface area contributed by atoms with E-state index in [1.54, 1.807) is 0 Å². The molecule has 0 spiro atoms. The van der Waals surface area contributed by atoms with Gasteiger partial charge in [0, 0.05) is 35.8 Å². The Morgan fingerprint density at radius 3 is 2.89 bits per heavy atom. The molecule has 1 aromatic rings. The van der Waals surface area contributed by atoms with Crippen LogP contribution in [0.3, 0.4) is 0 Å². The molecule has 3 rings (SSSR count). The topological polar surface area (TPSA) is 15.3 Å². The van der Waals surface area contributed by atoms with Crippen molar-refractivity contribution in [1.82, 2.24) is 5.32 Å². The molecule has 1 aliphatic carbocycles. The SMILES string of the molecule is CSc1cccc(N2CC(C3CC3)NCC2C)c1. The summed E-state index contributed by atoms with van der Waals surface area (Å²) in [6.07, 6.45) is 4.99. The van der Waals surface area contributed by atoms with Crippen molar-refractivity contribution in [1.29, 1.82) is 0 Å². The van der Waals surface area contributed by atoms with Gasteiger partial charge in [-0.3, -0.25) is 0 Å². The van der Waals surface area contributed by atoms with Crippen molar-refractivity contribution < 1.29 is 0 Å². The quantitative estimate of drug-likeness (QED) is 0.843. The third-order valence-corrected chi connectivity index (χ3v) is 4.90. The minimum Gasteiger partial charge on any atom is -0.366 e. The van der Waals surface area contributed by atoms with Crippen molar-refractivity contribution in [3.05, 3.63) is 24.3 Å². The second-order valence-electron chi connectivity index (χ2n) is 5.56. The number of thioether (sulfide) groups is 1. The van der Waals surface area contributed by atoms with Gasteiger partial charge in [0.05, 0.1) is 0 Å². The fourth-order valence-electron chi connectivity index (χ4n) is 2.85. The summed E-state index contributed by atoms with van der Waals surface area (Å²) < 4.78 is 0. The van der Waals surface area contributed by atoms with Crippen molar-refractivity contribution in [3.63, 3.8) is 0 Å². The Hall–Kier alpha value is -0.670. The Kier molecular flexibility index (Phi) is 3.53. The van der Waals surface area contributed by atoms with Gasteiger partial charge in [-0.25, -0.2) is 0 Å². The molecule has 2 unspecified atom stereocenters. The van der Waals surface area contributed by atoms with Crippen molar-refractivity contribution in [2.75, 3.05) is 24.2 Å². The maximum atomic E-state index is 3.71. The number of hydrogen-bond acceptors (Lipinski definition) is 3. The highest BCUT2D eigenvalue weighted by atomic mass is 32.2. The van der Waals surface area contributed by atoms with Crippen LogP contribution in [-0.4, -0.2) is 31.4 Å². The van der Waals surface area contributed by atoms with E-state index in [0.717, 1.165) is 12.5 Å². The van der Waals surface area contributed by atoms with Crippen molar-refractivity contribution >= 4 is 17.4 Å². The van der Waals surface area contributed by atoms with Gasteiger partial charge in [0.25, 0.3) is 0 Å². The van der Waals surface area contributed by atoms with Crippen molar-refractivity contribution in [2.45, 2.75) is 36.7 Å². The summed E-state index contributed by atoms with van der Waals surface area (Å²) in [5.74, 6) is 0.934. The Morgan fingerprint density at radius 1 is 1.33 bits per heavy atom. The van der Waals surface area contributed by atoms with Gasteiger partial charge in [0.2, 0.25) is 0 Å². The minimum absolute atomic E-state index is 0.595. The first-order valence-electron chi connectivity index (χ1n) is 6.92. The second-order valence-corrected chi connectivity index (χ2v) is 6.43. The number of anilines is 1. The van der Waals surface area contributed by atoms with E-state index in [0.29, 0.717) is 12.1 Å². The Morgan fingerprint density at radius 2 is 2.17 bits per heavy atom. The van der Waals surface area contributed by atoms with Crippen LogP contribution in [0.2, 0.25) is 0 Å². The van der Waals surface area contributed by atoms with Crippen LogP contribution in [0.15, 0.2) is 29.2 Å². The lowest BCUT2D eigenvalue weighted by Gasteiger charge is -2.40. The molecule has 1 aliphatic heterocycles. The van der Waals surface area contributed by atoms with Crippen LogP contribution in [0.4, 0.5) is 5.69 Å². The number of benzene rings is 1. The lowest BCUT2D eigenvalue weighted by Crippen LogP contribution is -2.56. The van der Waals surface area contributed by atoms with Crippen molar-refractivity contribution in [2.24, 2.45) is 5.92 Å². The van der Waals surface area contributed by atoms with E-state index < -0.39 is 0 Å². The molecule has 18 heavy (non-hydrogen) atoms. The van der Waals surface area contributed by atoms with E-state index >= 15 is 0 Å². The maximum Gasteiger partial charge on any atom is 0.0387 e. The first kappa shape index (κ1) is 12.4. The largest absolute Gasteiger partial charge is 0.366 e. The fourth-order valence-corrected chi connectivity index (χ4v) is 3.31. The predicted octanol–water partition coefficient (Wildman–Crippen LogP) is 2.99. The maximum absolute atomic E-state index is 3.71. The van der Waals surface area contributed by atoms with E-state index in [-0.39, 0.29) is 0 Å². The Balaban J connectivity index is 1.78. The van der Waals surface area contributed by atoms with Gasteiger partial charge in [0.15, 0.2) is 0 Å². The van der Waals surface area contributed by atoms with Gasteiger partial charge in [-0.2, -0.15) is 0 Å². The molecule has 2 fully saturated rings. The molecule has 2 nitrogen and oxygen atoms in total. The molecule has 98 valence electrons. The van der Waals surface area contributed by atoms with E-state index in [1.807, 2.05) is 11.8 Å². The summed E-state index contributed by atoms with van der Waals surface area (Å²) in [7, 11) is 0. The molecule has 1 aromatic carbocycles. The van der Waals surface area contributed by atoms with Crippen LogP contribution in [0.25, 0.3) is 0 Å². The average Bonchev–Trinajstić information content (AvgIpc) is 3.24. The molecular weight excluding hydrogens is 240 g/mol. The standard InChI is InChI=1S/C15H22N2S/c1-11-9-16-15(12-6-7-12)10-17(11)13-4-3-5-14(8-13)18-2/h3-5,8,11-12,15-16H,6-7,9-10H2,1-2H3. The van der Waals surface area contributed by atoms with Crippen LogP contribution >= 0.6 is 11.8 Å². The lowest BCUT2D eigenvalue weighted by molar-refractivity contribution is 0.376. The zero-order valence-corrected chi connectivity index (χ0v) is 12.0. The monoisotopic (exact) mass is 262 g/mol. The summed E-state index contributed by atoms with van der Waals surface area (Å²) in [5, 5.41) is 3.71. The van der Waals surface area contributed by atoms with E-state index in [2.05, 4.69) is 47.7 Å². The van der Waals surface area contributed by atoms with Crippen LogP contribution in [0, 0.1) is 5.92 Å². The molecule has 1 saturated carbocycles. The van der Waals surface area contributed by atoms with Crippen LogP contribution in [0.5, 0.6) is 0 Å². The average molecular weight is 262 g/mol. The van der Waals surface area contributed by atoms with Gasteiger partial charge >= 0.3 is 0 Å². The van der Waals surface area contributed by atoms with Gasteiger partial charge in [-0.15, -0.1) is 11.8 Å². The summed E-state index contributed by atoms with van der Waals surface area (Å²) in [6, 6.07) is 10.3. The molecule has 0 aromatic heterocycles. The number of rotatable bonds is 3. The summed E-state index contributed by atoms with van der Waals surface area (Å²) in [4.78, 5) is 3.94. The predicted molar refractivity (Wildman–Crippen MR) is 79.5 cm³/mol. The van der Waals surface area contributed by atoms with Crippen LogP contribution in [0.1, 0.15) is 19.8 Å². The second kappa shape index (κ2) is 5.14. The summed E-state index contributed by atoms with van der Waals surface area (Å²) >= 11 is 1.83. The molecule has 1 N–H and O–H groups in total. The van der Waals surface area contributed by atoms with Crippen LogP contribution < -0.4 is 10.2 Å². The van der Waals surface area contributed by atoms with E-state index in [4.69, 9.17) is 0 Å². The fraction of sp³-hybridized carbons (Fsp3) is 0.600. The molecule has 0 amide bonds. The van der Waals surface area contributed by atoms with Crippen LogP contribution in [-0.2, 0) is 0 Å². The molecule has 1 saturated heterocycles. The molecule has 0 bridgehead atoms. The summed E-state index contributed by atoms with van der Waals surface area (Å²) in [5.41, 5.74) is 1.39. The Bertz CT molecular complexity index is 417. The van der Waals surface area contributed by atoms with E-state index in [9.17, 15) is 0 Å². The highest BCUT2D eigenvalue weighted by Crippen LogP contribution is 2.35. The smallest absolute Gasteiger partial charge is 0.0387 e. The van der Waals surface area contributed by atoms with Gasteiger partial charge in [-0.1, -0.05) is 6.07 Å². The first-order chi connectivity index (χ1) is 8.78. The number of nitrogens with zero attached hydrogens (tertiary/aromatic N) is 1. The highest BCUT2D eigenvalue weighted by molar-refractivity contribution is 7.98. The number of hydrogen-bond donors (Lipinski definition) is 1. The zero-order chi connectivity index (χ0) is 12.5. The normalized spacial score (nSPS) is 28.4. The van der Waals surface area contributed by atoms with Gasteiger partial charge in [0.1, 0.15) is 0 Å². The lowest BCUT2D eigenvalue weighted by atomic mass is 10.1. The third-order valence-electron chi connectivity index (χ3n) is 4.18. The molecule has 0 radical (unpaired) electrons. The molecule has 3 heteroatoms. The van der Waals surface area contributed by atoms with E-state index in [1.165, 1.54) is 30.0 Å². The van der Waals surface area contributed by atoms with Gasteiger partial charge in [-0.05, 0) is 50.1 Å². The van der Waals surface area contributed by atoms with Crippen molar-refractivity contribution in [3.8, 4) is 0 Å². The zero-order valence-electron chi connectivity index (χ0n) is 11.2. The molecule has 2 aliphatic rings.